The van der Waals surface area contributed by atoms with Gasteiger partial charge in [-0.1, -0.05) is 44.0 Å². The quantitative estimate of drug-likeness (QED) is 0.610. The normalized spacial score (nSPS) is 11.0. The molecular formula is C18H27ClN2O2S. The number of halogens is 1. The molecule has 0 fully saturated rings. The van der Waals surface area contributed by atoms with Gasteiger partial charge in [0.15, 0.2) is 0 Å². The van der Waals surface area contributed by atoms with E-state index in [-0.39, 0.29) is 4.90 Å². The molecule has 134 valence electrons. The molecule has 0 spiro atoms. The number of nitrogens with zero attached hydrogens (tertiary/aromatic N) is 1. The predicted octanol–water partition coefficient (Wildman–Crippen LogP) is 4.23. The van der Waals surface area contributed by atoms with E-state index < -0.39 is 9.05 Å². The molecule has 0 radical (unpaired) electrons. The van der Waals surface area contributed by atoms with Crippen LogP contribution in [0.1, 0.15) is 26.2 Å². The van der Waals surface area contributed by atoms with Crippen LogP contribution in [-0.2, 0) is 9.05 Å². The molecule has 0 saturated heterocycles. The van der Waals surface area contributed by atoms with Crippen molar-refractivity contribution in [1.29, 1.82) is 0 Å². The van der Waals surface area contributed by atoms with Crippen LogP contribution in [0.2, 0.25) is 0 Å². The lowest BCUT2D eigenvalue weighted by Gasteiger charge is -2.16. The van der Waals surface area contributed by atoms with Gasteiger partial charge >= 0.3 is 0 Å². The molecule has 0 unspecified atom stereocenters. The number of hydrogen-bond acceptors (Lipinski definition) is 4. The minimum absolute atomic E-state index is 0.153. The zero-order valence-electron chi connectivity index (χ0n) is 14.8. The third-order valence-corrected chi connectivity index (χ3v) is 5.01. The number of fused-ring (bicyclic) bond motifs is 1. The van der Waals surface area contributed by atoms with Crippen molar-refractivity contribution in [2.24, 2.45) is 0 Å². The first kappa shape index (κ1) is 20.7. The maximum absolute atomic E-state index is 11.5. The molecule has 0 atom stereocenters. The Labute approximate surface area is 150 Å². The third-order valence-electron chi connectivity index (χ3n) is 3.63. The Bertz CT molecular complexity index is 742. The molecular weight excluding hydrogens is 344 g/mol. The number of benzene rings is 2. The van der Waals surface area contributed by atoms with Gasteiger partial charge < -0.3 is 10.2 Å². The van der Waals surface area contributed by atoms with Crippen molar-refractivity contribution in [3.63, 3.8) is 0 Å². The standard InChI is InChI=1S/C12H12ClNO2S.C6H15N/c1-14(2)11-7-3-6-10-9(11)5-4-8-12(10)17(13,15)16;1-3-4-5-6-7-2/h3-8H,1-2H3;7H,3-6H2,1-2H3. The summed E-state index contributed by atoms with van der Waals surface area (Å²) in [5.41, 5.74) is 0.963. The fraction of sp³-hybridized carbons (Fsp3) is 0.444. The second-order valence-electron chi connectivity index (χ2n) is 5.77. The maximum Gasteiger partial charge on any atom is 0.261 e. The van der Waals surface area contributed by atoms with Gasteiger partial charge in [0.05, 0.1) is 4.90 Å². The second kappa shape index (κ2) is 9.87. The summed E-state index contributed by atoms with van der Waals surface area (Å²) in [5.74, 6) is 0. The van der Waals surface area contributed by atoms with E-state index in [0.717, 1.165) is 11.1 Å². The number of rotatable bonds is 6. The van der Waals surface area contributed by atoms with Crippen LogP contribution in [0, 0.1) is 0 Å². The van der Waals surface area contributed by atoms with Gasteiger partial charge in [-0.25, -0.2) is 8.42 Å². The van der Waals surface area contributed by atoms with Gasteiger partial charge in [-0.3, -0.25) is 0 Å². The molecule has 0 aliphatic rings. The number of hydrogen-bond donors (Lipinski definition) is 1. The summed E-state index contributed by atoms with van der Waals surface area (Å²) >= 11 is 0. The lowest BCUT2D eigenvalue weighted by atomic mass is 10.1. The van der Waals surface area contributed by atoms with Crippen molar-refractivity contribution in [1.82, 2.24) is 5.32 Å². The minimum atomic E-state index is -3.72. The Morgan fingerprint density at radius 2 is 1.67 bits per heavy atom. The van der Waals surface area contributed by atoms with E-state index in [1.807, 2.05) is 44.2 Å². The van der Waals surface area contributed by atoms with Crippen LogP contribution in [0.25, 0.3) is 10.8 Å². The van der Waals surface area contributed by atoms with E-state index in [1.54, 1.807) is 12.1 Å². The first-order valence-electron chi connectivity index (χ1n) is 8.11. The highest BCUT2D eigenvalue weighted by Crippen LogP contribution is 2.31. The summed E-state index contributed by atoms with van der Waals surface area (Å²) < 4.78 is 23.0. The molecule has 2 rings (SSSR count). The molecule has 2 aromatic carbocycles. The number of nitrogens with one attached hydrogen (secondary N) is 1. The van der Waals surface area contributed by atoms with Crippen LogP contribution in [0.4, 0.5) is 5.69 Å². The first-order chi connectivity index (χ1) is 11.3. The van der Waals surface area contributed by atoms with E-state index >= 15 is 0 Å². The Hall–Kier alpha value is -1.30. The van der Waals surface area contributed by atoms with Crippen molar-refractivity contribution < 1.29 is 8.42 Å². The van der Waals surface area contributed by atoms with E-state index in [0.29, 0.717) is 5.39 Å². The molecule has 0 aromatic heterocycles. The molecule has 1 N–H and O–H groups in total. The van der Waals surface area contributed by atoms with Crippen molar-refractivity contribution in [3.05, 3.63) is 36.4 Å². The summed E-state index contributed by atoms with van der Waals surface area (Å²) in [6.45, 7) is 3.39. The Balaban J connectivity index is 0.000000351. The van der Waals surface area contributed by atoms with Gasteiger partial charge in [0.2, 0.25) is 0 Å². The highest BCUT2D eigenvalue weighted by Gasteiger charge is 2.15. The fourth-order valence-corrected chi connectivity index (χ4v) is 3.50. The van der Waals surface area contributed by atoms with Crippen molar-refractivity contribution >= 4 is 36.2 Å². The van der Waals surface area contributed by atoms with Crippen molar-refractivity contribution in [2.75, 3.05) is 32.6 Å². The van der Waals surface area contributed by atoms with Gasteiger partial charge in [-0.05, 0) is 32.1 Å². The van der Waals surface area contributed by atoms with E-state index in [4.69, 9.17) is 10.7 Å². The van der Waals surface area contributed by atoms with Crippen LogP contribution in [0.3, 0.4) is 0 Å². The molecule has 24 heavy (non-hydrogen) atoms. The van der Waals surface area contributed by atoms with Gasteiger partial charge in [0.25, 0.3) is 9.05 Å². The fourth-order valence-electron chi connectivity index (χ4n) is 2.42. The average molecular weight is 371 g/mol. The van der Waals surface area contributed by atoms with E-state index in [1.165, 1.54) is 31.9 Å². The molecule has 2 aromatic rings. The highest BCUT2D eigenvalue weighted by molar-refractivity contribution is 8.14. The Morgan fingerprint density at radius 1 is 1.04 bits per heavy atom. The van der Waals surface area contributed by atoms with Crippen LogP contribution < -0.4 is 10.2 Å². The number of unbranched alkanes of at least 4 members (excludes halogenated alkanes) is 2. The number of anilines is 1. The molecule has 4 nitrogen and oxygen atoms in total. The third kappa shape index (κ3) is 5.96. The molecule has 0 aliphatic heterocycles. The molecule has 0 amide bonds. The zero-order chi connectivity index (χ0) is 18.2. The Kier molecular flexibility index (Phi) is 8.53. The second-order valence-corrected chi connectivity index (χ2v) is 8.31. The monoisotopic (exact) mass is 370 g/mol. The van der Waals surface area contributed by atoms with Gasteiger partial charge in [0.1, 0.15) is 0 Å². The van der Waals surface area contributed by atoms with Crippen molar-refractivity contribution in [2.45, 2.75) is 31.1 Å². The lowest BCUT2D eigenvalue weighted by Crippen LogP contribution is -2.09. The lowest BCUT2D eigenvalue weighted by molar-refractivity contribution is 0.610. The molecule has 0 aliphatic carbocycles. The van der Waals surface area contributed by atoms with Gasteiger partial charge in [0, 0.05) is 41.2 Å². The molecule has 6 heteroatoms. The molecule has 0 saturated carbocycles. The summed E-state index contributed by atoms with van der Waals surface area (Å²) in [5, 5.41) is 4.62. The minimum Gasteiger partial charge on any atom is -0.377 e. The van der Waals surface area contributed by atoms with Crippen molar-refractivity contribution in [3.8, 4) is 0 Å². The van der Waals surface area contributed by atoms with Gasteiger partial charge in [-0.2, -0.15) is 0 Å². The average Bonchev–Trinajstić information content (AvgIpc) is 2.54. The Morgan fingerprint density at radius 3 is 2.21 bits per heavy atom. The van der Waals surface area contributed by atoms with E-state index in [2.05, 4.69) is 12.2 Å². The molecule has 0 bridgehead atoms. The summed E-state index contributed by atoms with van der Waals surface area (Å²) in [6.07, 6.45) is 4.01. The van der Waals surface area contributed by atoms with Crippen LogP contribution in [0.15, 0.2) is 41.3 Å². The van der Waals surface area contributed by atoms with E-state index in [9.17, 15) is 8.42 Å². The predicted molar refractivity (Wildman–Crippen MR) is 105 cm³/mol. The van der Waals surface area contributed by atoms with Crippen LogP contribution in [-0.4, -0.2) is 36.1 Å². The van der Waals surface area contributed by atoms with Crippen LogP contribution in [0.5, 0.6) is 0 Å². The largest absolute Gasteiger partial charge is 0.377 e. The summed E-state index contributed by atoms with van der Waals surface area (Å²) in [4.78, 5) is 2.09. The maximum atomic E-state index is 11.5. The topological polar surface area (TPSA) is 49.4 Å². The first-order valence-corrected chi connectivity index (χ1v) is 10.4. The molecule has 0 heterocycles. The highest BCUT2D eigenvalue weighted by atomic mass is 35.7. The van der Waals surface area contributed by atoms with Crippen LogP contribution >= 0.6 is 10.7 Å². The smallest absolute Gasteiger partial charge is 0.261 e. The summed E-state index contributed by atoms with van der Waals surface area (Å²) in [7, 11) is 7.53. The summed E-state index contributed by atoms with van der Waals surface area (Å²) in [6, 6.07) is 10.6. The SMILES string of the molecule is CCCCCNC.CN(C)c1cccc2c(S(=O)(=O)Cl)cccc12. The van der Waals surface area contributed by atoms with Gasteiger partial charge in [-0.15, -0.1) is 0 Å². The zero-order valence-corrected chi connectivity index (χ0v) is 16.4.